The van der Waals surface area contributed by atoms with Crippen LogP contribution in [0.4, 0.5) is 11.5 Å². The smallest absolute Gasteiger partial charge is 0.311 e. The maximum atomic E-state index is 11.6. The number of hydrogen-bond donors (Lipinski definition) is 1. The molecule has 0 saturated heterocycles. The van der Waals surface area contributed by atoms with E-state index in [1.165, 1.54) is 33.3 Å². The zero-order valence-corrected chi connectivity index (χ0v) is 12.2. The lowest BCUT2D eigenvalue weighted by Gasteiger charge is -2.12. The lowest BCUT2D eigenvalue weighted by atomic mass is 10.4. The highest BCUT2D eigenvalue weighted by Crippen LogP contribution is 2.24. The van der Waals surface area contributed by atoms with E-state index in [2.05, 4.69) is 10.3 Å². The number of sulfonamides is 1. The van der Waals surface area contributed by atoms with Crippen molar-refractivity contribution in [3.63, 3.8) is 0 Å². The maximum Gasteiger partial charge on any atom is 0.311 e. The van der Waals surface area contributed by atoms with Crippen LogP contribution in [0.2, 0.25) is 0 Å². The first-order valence-electron chi connectivity index (χ1n) is 5.61. The third-order valence-electron chi connectivity index (χ3n) is 2.46. The Hall–Kier alpha value is -1.94. The van der Waals surface area contributed by atoms with Gasteiger partial charge < -0.3 is 10.1 Å². The van der Waals surface area contributed by atoms with E-state index >= 15 is 0 Å². The van der Waals surface area contributed by atoms with E-state index in [0.29, 0.717) is 0 Å². The van der Waals surface area contributed by atoms with Gasteiger partial charge in [-0.3, -0.25) is 10.1 Å². The van der Waals surface area contributed by atoms with Gasteiger partial charge >= 0.3 is 5.69 Å². The van der Waals surface area contributed by atoms with Gasteiger partial charge in [0.05, 0.1) is 17.8 Å². The van der Waals surface area contributed by atoms with E-state index in [1.54, 1.807) is 0 Å². The highest BCUT2D eigenvalue weighted by Gasteiger charge is 2.18. The van der Waals surface area contributed by atoms with E-state index in [0.717, 1.165) is 4.31 Å². The summed E-state index contributed by atoms with van der Waals surface area (Å²) in [7, 11) is 0.845. The number of hydrogen-bond acceptors (Lipinski definition) is 7. The molecule has 0 unspecified atom stereocenters. The molecular weight excluding hydrogens is 288 g/mol. The molecule has 1 rings (SSSR count). The molecule has 9 nitrogen and oxygen atoms in total. The van der Waals surface area contributed by atoms with E-state index in [-0.39, 0.29) is 29.7 Å². The molecular formula is C10H16N4O5S. The zero-order chi connectivity index (χ0) is 15.3. The van der Waals surface area contributed by atoms with Gasteiger partial charge in [-0.15, -0.1) is 0 Å². The van der Waals surface area contributed by atoms with Crippen molar-refractivity contribution in [3.05, 3.63) is 22.2 Å². The molecule has 0 aromatic carbocycles. The minimum Gasteiger partial charge on any atom is -0.481 e. The molecule has 0 radical (unpaired) electrons. The minimum atomic E-state index is -3.38. The molecule has 0 aliphatic carbocycles. The van der Waals surface area contributed by atoms with E-state index in [1.807, 2.05) is 0 Å². The summed E-state index contributed by atoms with van der Waals surface area (Å²) in [5.41, 5.74) is -0.243. The standard InChI is InChI=1S/C10H16N4O5S/c1-13(2)20(17,18)7-6-11-10-8(14(15)16)4-5-9(12-10)19-3/h4-5H,6-7H2,1-3H3,(H,11,12). The Morgan fingerprint density at radius 2 is 2.10 bits per heavy atom. The number of aromatic nitrogens is 1. The summed E-state index contributed by atoms with van der Waals surface area (Å²) in [6, 6.07) is 2.61. The molecule has 0 saturated carbocycles. The van der Waals surface area contributed by atoms with Crippen LogP contribution in [-0.2, 0) is 10.0 Å². The number of nitrogens with zero attached hydrogens (tertiary/aromatic N) is 3. The molecule has 1 aromatic heterocycles. The third-order valence-corrected chi connectivity index (χ3v) is 4.30. The first kappa shape index (κ1) is 16.1. The monoisotopic (exact) mass is 304 g/mol. The van der Waals surface area contributed by atoms with Crippen LogP contribution >= 0.6 is 0 Å². The third kappa shape index (κ3) is 4.03. The van der Waals surface area contributed by atoms with Gasteiger partial charge in [0.1, 0.15) is 0 Å². The Balaban J connectivity index is 2.84. The molecule has 1 aromatic rings. The molecule has 0 spiro atoms. The fourth-order valence-electron chi connectivity index (χ4n) is 1.31. The van der Waals surface area contributed by atoms with Gasteiger partial charge in [-0.1, -0.05) is 0 Å². The number of pyridine rings is 1. The Kier molecular flexibility index (Phi) is 5.22. The second-order valence-corrected chi connectivity index (χ2v) is 6.31. The SMILES string of the molecule is COc1ccc([N+](=O)[O-])c(NCCS(=O)(=O)N(C)C)n1. The van der Waals surface area contributed by atoms with Gasteiger partial charge in [0.25, 0.3) is 0 Å². The van der Waals surface area contributed by atoms with Crippen molar-refractivity contribution < 1.29 is 18.1 Å². The molecule has 0 atom stereocenters. The molecule has 10 heteroatoms. The lowest BCUT2D eigenvalue weighted by Crippen LogP contribution is -2.28. The fourth-order valence-corrected chi connectivity index (χ4v) is 2.03. The van der Waals surface area contributed by atoms with Crippen molar-refractivity contribution >= 4 is 21.5 Å². The Morgan fingerprint density at radius 3 is 2.60 bits per heavy atom. The van der Waals surface area contributed by atoms with Crippen LogP contribution < -0.4 is 10.1 Å². The summed E-state index contributed by atoms with van der Waals surface area (Å²) in [6.45, 7) is 0.00151. The summed E-state index contributed by atoms with van der Waals surface area (Å²) < 4.78 is 29.1. The molecule has 0 bridgehead atoms. The summed E-state index contributed by atoms with van der Waals surface area (Å²) in [5, 5.41) is 13.5. The van der Waals surface area contributed by atoms with E-state index in [9.17, 15) is 18.5 Å². The summed E-state index contributed by atoms with van der Waals surface area (Å²) >= 11 is 0. The molecule has 112 valence electrons. The number of nitro groups is 1. The predicted octanol–water partition coefficient (Wildman–Crippen LogP) is 0.302. The number of rotatable bonds is 7. The van der Waals surface area contributed by atoms with Crippen LogP contribution in [0.15, 0.2) is 12.1 Å². The first-order valence-corrected chi connectivity index (χ1v) is 7.22. The van der Waals surface area contributed by atoms with E-state index in [4.69, 9.17) is 4.74 Å². The van der Waals surface area contributed by atoms with Crippen molar-refractivity contribution in [3.8, 4) is 5.88 Å². The highest BCUT2D eigenvalue weighted by molar-refractivity contribution is 7.89. The number of methoxy groups -OCH3 is 1. The Labute approximate surface area is 116 Å². The van der Waals surface area contributed by atoms with Gasteiger partial charge in [0.15, 0.2) is 0 Å². The highest BCUT2D eigenvalue weighted by atomic mass is 32.2. The van der Waals surface area contributed by atoms with Crippen LogP contribution in [0.25, 0.3) is 0 Å². The van der Waals surface area contributed by atoms with Crippen LogP contribution in [0.1, 0.15) is 0 Å². The second kappa shape index (κ2) is 6.48. The quantitative estimate of drug-likeness (QED) is 0.569. The average Bonchev–Trinajstić information content (AvgIpc) is 2.37. The predicted molar refractivity (Wildman–Crippen MR) is 73.4 cm³/mol. The number of anilines is 1. The fraction of sp³-hybridized carbons (Fsp3) is 0.500. The molecule has 1 heterocycles. The van der Waals surface area contributed by atoms with Crippen molar-refractivity contribution in [2.24, 2.45) is 0 Å². The zero-order valence-electron chi connectivity index (χ0n) is 11.4. The van der Waals surface area contributed by atoms with Crippen LogP contribution in [0.5, 0.6) is 5.88 Å². The topological polar surface area (TPSA) is 115 Å². The minimum absolute atomic E-state index is 0.00151. The van der Waals surface area contributed by atoms with Crippen LogP contribution in [0.3, 0.4) is 0 Å². The molecule has 1 N–H and O–H groups in total. The summed E-state index contributed by atoms with van der Waals surface area (Å²) in [6.07, 6.45) is 0. The van der Waals surface area contributed by atoms with Gasteiger partial charge in [0.2, 0.25) is 21.7 Å². The average molecular weight is 304 g/mol. The number of ether oxygens (including phenoxy) is 1. The van der Waals surface area contributed by atoms with Gasteiger partial charge in [-0.2, -0.15) is 4.98 Å². The maximum absolute atomic E-state index is 11.6. The summed E-state index contributed by atoms with van der Waals surface area (Å²) in [4.78, 5) is 14.1. The van der Waals surface area contributed by atoms with E-state index < -0.39 is 14.9 Å². The molecule has 0 fully saturated rings. The Bertz CT molecular complexity index is 587. The summed E-state index contributed by atoms with van der Waals surface area (Å²) in [5.74, 6) is -0.0207. The van der Waals surface area contributed by atoms with Crippen molar-refractivity contribution in [2.75, 3.05) is 38.8 Å². The van der Waals surface area contributed by atoms with Crippen LogP contribution in [0, 0.1) is 10.1 Å². The lowest BCUT2D eigenvalue weighted by molar-refractivity contribution is -0.384. The molecule has 0 amide bonds. The molecule has 20 heavy (non-hydrogen) atoms. The van der Waals surface area contributed by atoms with Crippen molar-refractivity contribution in [1.82, 2.24) is 9.29 Å². The Morgan fingerprint density at radius 1 is 1.45 bits per heavy atom. The van der Waals surface area contributed by atoms with Crippen molar-refractivity contribution in [1.29, 1.82) is 0 Å². The van der Waals surface area contributed by atoms with Gasteiger partial charge in [-0.25, -0.2) is 12.7 Å². The van der Waals surface area contributed by atoms with Crippen LogP contribution in [-0.4, -0.2) is 56.1 Å². The van der Waals surface area contributed by atoms with Gasteiger partial charge in [0, 0.05) is 32.8 Å². The first-order chi connectivity index (χ1) is 9.27. The van der Waals surface area contributed by atoms with Crippen molar-refractivity contribution in [2.45, 2.75) is 0 Å². The number of nitrogens with one attached hydrogen (secondary N) is 1. The largest absolute Gasteiger partial charge is 0.481 e. The molecule has 0 aliphatic rings. The normalized spacial score (nSPS) is 11.4. The second-order valence-electron chi connectivity index (χ2n) is 4.00. The molecule has 0 aliphatic heterocycles. The van der Waals surface area contributed by atoms with Gasteiger partial charge in [-0.05, 0) is 0 Å².